The van der Waals surface area contributed by atoms with Gasteiger partial charge in [-0.15, -0.1) is 0 Å². The summed E-state index contributed by atoms with van der Waals surface area (Å²) in [5.74, 6) is 7.04. The highest BCUT2D eigenvalue weighted by atomic mass is 79.9. The second-order valence-electron chi connectivity index (χ2n) is 5.69. The standard InChI is InChI=1S/C16H23BrOS/c1-4-19(3)11-9-14(10-12-19)16(2,18)13-5-7-15(17)8-6-13/h4-8,14,18H,3,9-12H2,1-2H3. The van der Waals surface area contributed by atoms with E-state index in [1.54, 1.807) is 0 Å². The van der Waals surface area contributed by atoms with Crippen molar-refractivity contribution in [1.29, 1.82) is 0 Å². The van der Waals surface area contributed by atoms with Crippen molar-refractivity contribution in [2.75, 3.05) is 11.5 Å². The summed E-state index contributed by atoms with van der Waals surface area (Å²) in [6, 6.07) is 8.05. The molecule has 1 aromatic rings. The van der Waals surface area contributed by atoms with E-state index in [-0.39, 0.29) is 0 Å². The fourth-order valence-electron chi connectivity index (χ4n) is 2.82. The van der Waals surface area contributed by atoms with Crippen molar-refractivity contribution in [3.8, 4) is 0 Å². The van der Waals surface area contributed by atoms with E-state index in [1.807, 2.05) is 31.2 Å². The van der Waals surface area contributed by atoms with Crippen LogP contribution in [0.15, 0.2) is 28.7 Å². The predicted octanol–water partition coefficient (Wildman–Crippen LogP) is 4.13. The highest BCUT2D eigenvalue weighted by Gasteiger charge is 2.35. The molecule has 3 heteroatoms. The second kappa shape index (κ2) is 5.63. The smallest absolute Gasteiger partial charge is 0.0897 e. The van der Waals surface area contributed by atoms with Crippen molar-refractivity contribution in [3.05, 3.63) is 34.3 Å². The molecule has 2 rings (SSSR count). The molecule has 1 aliphatic rings. The third-order valence-electron chi connectivity index (χ3n) is 4.47. The first kappa shape index (κ1) is 15.1. The van der Waals surface area contributed by atoms with Gasteiger partial charge in [-0.1, -0.05) is 39.3 Å². The lowest BCUT2D eigenvalue weighted by molar-refractivity contribution is -0.00970. The summed E-state index contributed by atoms with van der Waals surface area (Å²) in [5, 5.41) is 13.2. The van der Waals surface area contributed by atoms with Crippen molar-refractivity contribution in [2.24, 2.45) is 5.92 Å². The summed E-state index contributed by atoms with van der Waals surface area (Å²) in [6.07, 6.45) is 2.15. The minimum Gasteiger partial charge on any atom is -0.385 e. The van der Waals surface area contributed by atoms with Gasteiger partial charge >= 0.3 is 0 Å². The van der Waals surface area contributed by atoms with E-state index in [1.165, 1.54) is 0 Å². The van der Waals surface area contributed by atoms with Crippen LogP contribution in [0.4, 0.5) is 0 Å². The molecule has 0 bridgehead atoms. The summed E-state index contributed by atoms with van der Waals surface area (Å²) in [7, 11) is -0.754. The Hall–Kier alpha value is -0.250. The molecule has 1 N–H and O–H groups in total. The molecule has 1 atom stereocenters. The van der Waals surface area contributed by atoms with E-state index in [4.69, 9.17) is 0 Å². The van der Waals surface area contributed by atoms with Crippen LogP contribution in [0.3, 0.4) is 0 Å². The van der Waals surface area contributed by atoms with Gasteiger partial charge in [-0.25, -0.2) is 9.21 Å². The minimum absolute atomic E-state index is 0.344. The van der Waals surface area contributed by atoms with Crippen LogP contribution >= 0.6 is 25.1 Å². The SMILES string of the molecule is C=S1(=CC)CCC(C(C)(O)c2ccc(Br)cc2)CC1. The van der Waals surface area contributed by atoms with Gasteiger partial charge in [0.15, 0.2) is 0 Å². The molecule has 1 fully saturated rings. The first-order chi connectivity index (χ1) is 8.87. The van der Waals surface area contributed by atoms with Crippen LogP contribution in [0, 0.1) is 5.92 Å². The Labute approximate surface area is 125 Å². The zero-order valence-corrected chi connectivity index (χ0v) is 14.1. The van der Waals surface area contributed by atoms with Gasteiger partial charge in [0.2, 0.25) is 0 Å². The van der Waals surface area contributed by atoms with Crippen LogP contribution in [-0.2, 0) is 5.60 Å². The van der Waals surface area contributed by atoms with Gasteiger partial charge in [-0.05, 0) is 61.8 Å². The maximum absolute atomic E-state index is 10.9. The van der Waals surface area contributed by atoms with Crippen molar-refractivity contribution in [3.63, 3.8) is 0 Å². The Morgan fingerprint density at radius 1 is 1.32 bits per heavy atom. The fourth-order valence-corrected chi connectivity index (χ4v) is 5.27. The average Bonchev–Trinajstić information content (AvgIpc) is 2.40. The van der Waals surface area contributed by atoms with Gasteiger partial charge in [0, 0.05) is 4.47 Å². The molecule has 1 heterocycles. The summed E-state index contributed by atoms with van der Waals surface area (Å²) in [4.78, 5) is 0. The first-order valence-corrected chi connectivity index (χ1v) is 9.76. The third kappa shape index (κ3) is 3.26. The summed E-state index contributed by atoms with van der Waals surface area (Å²) in [5.41, 5.74) is 0.294. The molecule has 0 amide bonds. The summed E-state index contributed by atoms with van der Waals surface area (Å²) in [6.45, 7) is 4.09. The molecule has 0 spiro atoms. The number of benzene rings is 1. The quantitative estimate of drug-likeness (QED) is 0.801. The van der Waals surface area contributed by atoms with Crippen molar-refractivity contribution < 1.29 is 5.11 Å². The molecule has 0 saturated carbocycles. The molecule has 1 nitrogen and oxygen atoms in total. The van der Waals surface area contributed by atoms with E-state index < -0.39 is 14.8 Å². The largest absolute Gasteiger partial charge is 0.385 e. The Bertz CT molecular complexity index is 537. The van der Waals surface area contributed by atoms with E-state index in [0.29, 0.717) is 5.92 Å². The lowest BCUT2D eigenvalue weighted by atomic mass is 9.79. The number of hydrogen-bond donors (Lipinski definition) is 1. The normalized spacial score (nSPS) is 30.6. The van der Waals surface area contributed by atoms with Crippen LogP contribution < -0.4 is 0 Å². The highest BCUT2D eigenvalue weighted by Crippen LogP contribution is 2.42. The summed E-state index contributed by atoms with van der Waals surface area (Å²) < 4.78 is 1.05. The Morgan fingerprint density at radius 3 is 2.32 bits per heavy atom. The van der Waals surface area contributed by atoms with Gasteiger partial charge < -0.3 is 5.11 Å². The highest BCUT2D eigenvalue weighted by molar-refractivity contribution is 9.10. The second-order valence-corrected chi connectivity index (χ2v) is 10.1. The number of hydrogen-bond acceptors (Lipinski definition) is 1. The summed E-state index contributed by atoms with van der Waals surface area (Å²) >= 11 is 3.44. The fraction of sp³-hybridized carbons (Fsp3) is 0.500. The Balaban J connectivity index is 2.18. The molecule has 0 radical (unpaired) electrons. The zero-order chi connectivity index (χ0) is 14.1. The molecule has 19 heavy (non-hydrogen) atoms. The topological polar surface area (TPSA) is 20.2 Å². The third-order valence-corrected chi connectivity index (χ3v) is 8.10. The van der Waals surface area contributed by atoms with Crippen molar-refractivity contribution >= 4 is 36.4 Å². The van der Waals surface area contributed by atoms with Gasteiger partial charge in [0.1, 0.15) is 0 Å². The zero-order valence-electron chi connectivity index (χ0n) is 11.7. The maximum atomic E-state index is 10.9. The van der Waals surface area contributed by atoms with E-state index in [2.05, 4.69) is 34.1 Å². The van der Waals surface area contributed by atoms with Crippen LogP contribution in [0.25, 0.3) is 0 Å². The minimum atomic E-state index is -0.754. The average molecular weight is 343 g/mol. The van der Waals surface area contributed by atoms with Gasteiger partial charge in [-0.2, -0.15) is 0 Å². The molecule has 0 aliphatic carbocycles. The Morgan fingerprint density at radius 2 is 1.84 bits per heavy atom. The molecular weight excluding hydrogens is 320 g/mol. The monoisotopic (exact) mass is 342 g/mol. The van der Waals surface area contributed by atoms with E-state index in [0.717, 1.165) is 34.4 Å². The van der Waals surface area contributed by atoms with Gasteiger partial charge in [0.05, 0.1) is 5.60 Å². The molecular formula is C16H23BrOS. The van der Waals surface area contributed by atoms with Gasteiger partial charge in [0.25, 0.3) is 0 Å². The molecule has 1 aromatic carbocycles. The van der Waals surface area contributed by atoms with E-state index >= 15 is 0 Å². The lowest BCUT2D eigenvalue weighted by Gasteiger charge is -2.38. The number of aliphatic hydroxyl groups is 1. The van der Waals surface area contributed by atoms with Crippen LogP contribution in [-0.4, -0.2) is 27.9 Å². The number of halogens is 1. The number of rotatable bonds is 2. The molecule has 0 aromatic heterocycles. The molecule has 106 valence electrons. The maximum Gasteiger partial charge on any atom is 0.0897 e. The van der Waals surface area contributed by atoms with Crippen molar-refractivity contribution in [2.45, 2.75) is 32.3 Å². The van der Waals surface area contributed by atoms with Crippen LogP contribution in [0.2, 0.25) is 0 Å². The van der Waals surface area contributed by atoms with Gasteiger partial charge in [-0.3, -0.25) is 0 Å². The van der Waals surface area contributed by atoms with Crippen LogP contribution in [0.1, 0.15) is 32.3 Å². The van der Waals surface area contributed by atoms with E-state index in [9.17, 15) is 5.11 Å². The van der Waals surface area contributed by atoms with Crippen LogP contribution in [0.5, 0.6) is 0 Å². The molecule has 1 saturated heterocycles. The Kier molecular flexibility index (Phi) is 4.49. The van der Waals surface area contributed by atoms with Crippen molar-refractivity contribution in [1.82, 2.24) is 0 Å². The predicted molar refractivity (Wildman–Crippen MR) is 92.6 cm³/mol. The first-order valence-electron chi connectivity index (χ1n) is 6.77. The molecule has 1 aliphatic heterocycles. The molecule has 1 unspecified atom stereocenters. The lowest BCUT2D eigenvalue weighted by Crippen LogP contribution is -2.35.